The van der Waals surface area contributed by atoms with Crippen LogP contribution in [0.3, 0.4) is 0 Å². The van der Waals surface area contributed by atoms with Crippen molar-refractivity contribution in [2.45, 2.75) is 37.8 Å². The number of carboxylic acid groups (broad SMARTS) is 1. The van der Waals surface area contributed by atoms with E-state index in [1.807, 2.05) is 12.1 Å². The lowest BCUT2D eigenvalue weighted by molar-refractivity contribution is -0.138. The van der Waals surface area contributed by atoms with Gasteiger partial charge in [0.25, 0.3) is 0 Å². The Morgan fingerprint density at radius 2 is 2.25 bits per heavy atom. The third kappa shape index (κ3) is 3.43. The summed E-state index contributed by atoms with van der Waals surface area (Å²) < 4.78 is 12.1. The Labute approximate surface area is 126 Å². The third-order valence-corrected chi connectivity index (χ3v) is 3.87. The molecule has 0 heterocycles. The molecule has 1 saturated carbocycles. The highest BCUT2D eigenvalue weighted by Crippen LogP contribution is 2.38. The number of nitrogens with two attached hydrogens (primary N) is 1. The minimum Gasteiger partial charge on any atom is -0.493 e. The molecule has 110 valence electrons. The predicted molar refractivity (Wildman–Crippen MR) is 78.3 cm³/mol. The molecule has 1 unspecified atom stereocenters. The van der Waals surface area contributed by atoms with Gasteiger partial charge in [-0.3, -0.25) is 4.79 Å². The quantitative estimate of drug-likeness (QED) is 0.828. The molecule has 1 aromatic rings. The minimum absolute atomic E-state index is 0.185. The van der Waals surface area contributed by atoms with E-state index in [1.165, 1.54) is 0 Å². The van der Waals surface area contributed by atoms with Crippen LogP contribution in [-0.2, 0) is 11.2 Å². The highest BCUT2D eigenvalue weighted by molar-refractivity contribution is 9.10. The topological polar surface area (TPSA) is 81.8 Å². The van der Waals surface area contributed by atoms with Gasteiger partial charge in [-0.1, -0.05) is 15.9 Å². The summed E-state index contributed by atoms with van der Waals surface area (Å²) >= 11 is 3.39. The van der Waals surface area contributed by atoms with Crippen LogP contribution >= 0.6 is 15.9 Å². The van der Waals surface area contributed by atoms with Crippen molar-refractivity contribution >= 4 is 21.9 Å². The van der Waals surface area contributed by atoms with E-state index in [0.717, 1.165) is 29.3 Å². The van der Waals surface area contributed by atoms with Gasteiger partial charge in [-0.2, -0.15) is 0 Å². The molecule has 1 aliphatic rings. The first kappa shape index (κ1) is 15.1. The number of carboxylic acids is 1. The number of aliphatic carboxylic acids is 1. The smallest absolute Gasteiger partial charge is 0.320 e. The van der Waals surface area contributed by atoms with Gasteiger partial charge in [0.2, 0.25) is 0 Å². The fourth-order valence-corrected chi connectivity index (χ4v) is 2.52. The monoisotopic (exact) mass is 343 g/mol. The highest BCUT2D eigenvalue weighted by atomic mass is 79.9. The van der Waals surface area contributed by atoms with E-state index in [-0.39, 0.29) is 12.5 Å². The Balaban J connectivity index is 2.30. The van der Waals surface area contributed by atoms with Crippen molar-refractivity contribution in [3.63, 3.8) is 0 Å². The third-order valence-electron chi connectivity index (χ3n) is 3.41. The van der Waals surface area contributed by atoms with Gasteiger partial charge in [0.15, 0.2) is 11.5 Å². The number of hydrogen-bond donors (Lipinski definition) is 2. The molecule has 0 aromatic heterocycles. The maximum absolute atomic E-state index is 10.9. The van der Waals surface area contributed by atoms with Crippen molar-refractivity contribution in [1.82, 2.24) is 0 Å². The second kappa shape index (κ2) is 6.45. The summed E-state index contributed by atoms with van der Waals surface area (Å²) in [4.78, 5) is 10.9. The number of carbonyl (C=O) groups is 1. The summed E-state index contributed by atoms with van der Waals surface area (Å²) in [6.07, 6.45) is 3.58. The molecule has 1 atom stereocenters. The molecule has 5 nitrogen and oxygen atoms in total. The van der Waals surface area contributed by atoms with Crippen molar-refractivity contribution in [3.8, 4) is 11.5 Å². The van der Waals surface area contributed by atoms with Gasteiger partial charge in [0.05, 0.1) is 13.2 Å². The second-order valence-corrected chi connectivity index (χ2v) is 5.83. The van der Waals surface area contributed by atoms with Crippen LogP contribution in [0.5, 0.6) is 11.5 Å². The number of hydrogen-bond acceptors (Lipinski definition) is 4. The maximum atomic E-state index is 10.9. The molecular weight excluding hydrogens is 326 g/mol. The Kier molecular flexibility index (Phi) is 4.88. The van der Waals surface area contributed by atoms with Gasteiger partial charge in [0.1, 0.15) is 6.04 Å². The van der Waals surface area contributed by atoms with Gasteiger partial charge < -0.3 is 20.3 Å². The van der Waals surface area contributed by atoms with Crippen LogP contribution in [0.25, 0.3) is 0 Å². The van der Waals surface area contributed by atoms with E-state index in [4.69, 9.17) is 20.3 Å². The minimum atomic E-state index is -1.03. The molecule has 0 amide bonds. The van der Waals surface area contributed by atoms with Gasteiger partial charge >= 0.3 is 5.97 Å². The van der Waals surface area contributed by atoms with Crippen molar-refractivity contribution in [2.24, 2.45) is 5.73 Å². The Hall–Kier alpha value is -1.27. The number of methoxy groups -OCH3 is 1. The maximum Gasteiger partial charge on any atom is 0.320 e. The molecular formula is C14H18BrNO4. The molecule has 6 heteroatoms. The SMILES string of the molecule is COc1cc(Br)cc(CC(N)C(=O)O)c1OC1CCC1. The van der Waals surface area contributed by atoms with E-state index in [0.29, 0.717) is 11.5 Å². The van der Waals surface area contributed by atoms with Crippen LogP contribution in [0.1, 0.15) is 24.8 Å². The molecule has 0 aliphatic heterocycles. The average Bonchev–Trinajstić information content (AvgIpc) is 2.34. The fourth-order valence-electron chi connectivity index (χ4n) is 2.04. The molecule has 2 rings (SSSR count). The molecule has 0 radical (unpaired) electrons. The summed E-state index contributed by atoms with van der Waals surface area (Å²) in [6.45, 7) is 0. The van der Waals surface area contributed by atoms with E-state index >= 15 is 0 Å². The molecule has 0 saturated heterocycles. The summed E-state index contributed by atoms with van der Waals surface area (Å²) in [5.41, 5.74) is 6.37. The van der Waals surface area contributed by atoms with Gasteiger partial charge in [-0.15, -0.1) is 0 Å². The van der Waals surface area contributed by atoms with E-state index in [2.05, 4.69) is 15.9 Å². The summed E-state index contributed by atoms with van der Waals surface area (Å²) in [5.74, 6) is 0.175. The van der Waals surface area contributed by atoms with Gasteiger partial charge in [-0.25, -0.2) is 0 Å². The predicted octanol–water partition coefficient (Wildman–Crippen LogP) is 2.34. The zero-order valence-corrected chi connectivity index (χ0v) is 12.9. The lowest BCUT2D eigenvalue weighted by Crippen LogP contribution is -2.33. The molecule has 1 aromatic carbocycles. The van der Waals surface area contributed by atoms with Gasteiger partial charge in [0, 0.05) is 16.5 Å². The number of rotatable bonds is 6. The van der Waals surface area contributed by atoms with Crippen LogP contribution in [0, 0.1) is 0 Å². The first-order valence-electron chi connectivity index (χ1n) is 6.52. The Morgan fingerprint density at radius 3 is 2.75 bits per heavy atom. The van der Waals surface area contributed by atoms with E-state index in [9.17, 15) is 4.79 Å². The Morgan fingerprint density at radius 1 is 1.55 bits per heavy atom. The van der Waals surface area contributed by atoms with Crippen molar-refractivity contribution in [1.29, 1.82) is 0 Å². The zero-order chi connectivity index (χ0) is 14.7. The summed E-state index contributed by atoms with van der Waals surface area (Å²) in [7, 11) is 1.57. The van der Waals surface area contributed by atoms with Crippen molar-refractivity contribution in [3.05, 3.63) is 22.2 Å². The normalized spacial score (nSPS) is 16.4. The second-order valence-electron chi connectivity index (χ2n) is 4.92. The Bertz CT molecular complexity index is 502. The molecule has 20 heavy (non-hydrogen) atoms. The van der Waals surface area contributed by atoms with E-state index in [1.54, 1.807) is 7.11 Å². The van der Waals surface area contributed by atoms with E-state index < -0.39 is 12.0 Å². The lowest BCUT2D eigenvalue weighted by atomic mass is 9.96. The van der Waals surface area contributed by atoms with Crippen LogP contribution in [0.15, 0.2) is 16.6 Å². The fraction of sp³-hybridized carbons (Fsp3) is 0.500. The molecule has 1 aliphatic carbocycles. The number of halogens is 1. The standard InChI is InChI=1S/C14H18BrNO4/c1-19-12-7-9(15)5-8(6-11(16)14(17)18)13(12)20-10-3-2-4-10/h5,7,10-11H,2-4,6,16H2,1H3,(H,17,18). The molecule has 0 bridgehead atoms. The average molecular weight is 344 g/mol. The highest BCUT2D eigenvalue weighted by Gasteiger charge is 2.24. The molecule has 0 spiro atoms. The number of ether oxygens (including phenoxy) is 2. The van der Waals surface area contributed by atoms with Crippen LogP contribution in [-0.4, -0.2) is 30.3 Å². The van der Waals surface area contributed by atoms with Crippen LogP contribution < -0.4 is 15.2 Å². The molecule has 1 fully saturated rings. The lowest BCUT2D eigenvalue weighted by Gasteiger charge is -2.28. The zero-order valence-electron chi connectivity index (χ0n) is 11.3. The first-order valence-corrected chi connectivity index (χ1v) is 7.32. The van der Waals surface area contributed by atoms with Crippen molar-refractivity contribution < 1.29 is 19.4 Å². The van der Waals surface area contributed by atoms with Gasteiger partial charge in [-0.05, 0) is 31.4 Å². The number of benzene rings is 1. The van der Waals surface area contributed by atoms with Crippen LogP contribution in [0.4, 0.5) is 0 Å². The summed E-state index contributed by atoms with van der Waals surface area (Å²) in [5, 5.41) is 8.96. The molecule has 3 N–H and O–H groups in total. The first-order chi connectivity index (χ1) is 9.51. The van der Waals surface area contributed by atoms with Crippen LogP contribution in [0.2, 0.25) is 0 Å². The summed E-state index contributed by atoms with van der Waals surface area (Å²) in [6, 6.07) is 2.68. The largest absolute Gasteiger partial charge is 0.493 e. The van der Waals surface area contributed by atoms with Crippen molar-refractivity contribution in [2.75, 3.05) is 7.11 Å².